The van der Waals surface area contributed by atoms with E-state index in [9.17, 15) is 19.4 Å². The summed E-state index contributed by atoms with van der Waals surface area (Å²) in [5.74, 6) is -0.189. The SMILES string of the molecule is CCC/C=C/C(O)C(COP(=O)(O)OCC[N+](C)(C)C)NC(=O)CCCCCCCCCCCCCCCCCCCC/C=C\C/C=C\C/C=C\CCCCCCC. The van der Waals surface area contributed by atoms with E-state index >= 15 is 0 Å². The number of nitrogens with zero attached hydrogens (tertiary/aromatic N) is 1. The molecule has 0 fully saturated rings. The summed E-state index contributed by atoms with van der Waals surface area (Å²) in [5, 5.41) is 13.5. The molecule has 0 saturated heterocycles. The highest BCUT2D eigenvalue weighted by atomic mass is 31.2. The van der Waals surface area contributed by atoms with Gasteiger partial charge in [-0.05, 0) is 51.4 Å². The normalized spacial score (nSPS) is 14.7. The molecule has 9 heteroatoms. The summed E-state index contributed by atoms with van der Waals surface area (Å²) >= 11 is 0. The summed E-state index contributed by atoms with van der Waals surface area (Å²) in [6.45, 7) is 4.58. The maximum atomic E-state index is 12.7. The highest BCUT2D eigenvalue weighted by Gasteiger charge is 2.27. The van der Waals surface area contributed by atoms with E-state index in [2.05, 4.69) is 48.7 Å². The second-order valence-corrected chi connectivity index (χ2v) is 18.9. The van der Waals surface area contributed by atoms with Gasteiger partial charge in [-0.1, -0.05) is 197 Å². The Morgan fingerprint density at radius 3 is 1.47 bits per heavy atom. The van der Waals surface area contributed by atoms with Crippen LogP contribution in [0.1, 0.15) is 206 Å². The van der Waals surface area contributed by atoms with Gasteiger partial charge in [0.05, 0.1) is 39.9 Å². The first-order valence-corrected chi connectivity index (χ1v) is 25.5. The molecule has 3 unspecified atom stereocenters. The zero-order valence-electron chi connectivity index (χ0n) is 38.5. The predicted molar refractivity (Wildman–Crippen MR) is 249 cm³/mol. The first-order valence-electron chi connectivity index (χ1n) is 24.0. The molecule has 0 spiro atoms. The molecule has 0 aliphatic carbocycles. The van der Waals surface area contributed by atoms with Crippen LogP contribution in [0.5, 0.6) is 0 Å². The number of unbranched alkanes of at least 4 members (excludes halogenated alkanes) is 24. The minimum absolute atomic E-state index is 0.0596. The van der Waals surface area contributed by atoms with Gasteiger partial charge in [-0.2, -0.15) is 0 Å². The molecule has 3 atom stereocenters. The molecule has 0 heterocycles. The van der Waals surface area contributed by atoms with Crippen LogP contribution < -0.4 is 5.32 Å². The van der Waals surface area contributed by atoms with Crippen molar-refractivity contribution >= 4 is 13.7 Å². The maximum absolute atomic E-state index is 12.7. The molecule has 1 amide bonds. The number of amides is 1. The van der Waals surface area contributed by atoms with Gasteiger partial charge in [0.25, 0.3) is 0 Å². The van der Waals surface area contributed by atoms with Crippen LogP contribution in [-0.4, -0.2) is 73.4 Å². The van der Waals surface area contributed by atoms with Crippen LogP contribution in [0.3, 0.4) is 0 Å². The number of aliphatic hydroxyl groups excluding tert-OH is 1. The number of rotatable bonds is 43. The number of carbonyl (C=O) groups excluding carboxylic acids is 1. The van der Waals surface area contributed by atoms with Crippen molar-refractivity contribution in [1.82, 2.24) is 5.32 Å². The van der Waals surface area contributed by atoms with Gasteiger partial charge in [-0.25, -0.2) is 4.57 Å². The number of carbonyl (C=O) groups is 1. The Bertz CT molecular complexity index is 1090. The summed E-state index contributed by atoms with van der Waals surface area (Å²) in [4.78, 5) is 22.8. The van der Waals surface area contributed by atoms with Crippen molar-refractivity contribution in [2.24, 2.45) is 0 Å². The Hall–Kier alpha value is -1.54. The van der Waals surface area contributed by atoms with Crippen LogP contribution in [0.2, 0.25) is 0 Å². The fourth-order valence-corrected chi connectivity index (χ4v) is 7.44. The van der Waals surface area contributed by atoms with Gasteiger partial charge in [-0.3, -0.25) is 13.8 Å². The topological polar surface area (TPSA) is 105 Å². The molecule has 0 aromatic rings. The van der Waals surface area contributed by atoms with Crippen LogP contribution >= 0.6 is 7.82 Å². The highest BCUT2D eigenvalue weighted by Crippen LogP contribution is 2.43. The Kier molecular flexibility index (Phi) is 39.8. The largest absolute Gasteiger partial charge is 0.472 e. The first kappa shape index (κ1) is 56.5. The van der Waals surface area contributed by atoms with Crippen LogP contribution in [0.4, 0.5) is 0 Å². The smallest absolute Gasteiger partial charge is 0.387 e. The molecule has 8 nitrogen and oxygen atoms in total. The van der Waals surface area contributed by atoms with E-state index in [4.69, 9.17) is 9.05 Å². The van der Waals surface area contributed by atoms with Crippen molar-refractivity contribution in [3.63, 3.8) is 0 Å². The number of phosphoric ester groups is 1. The molecule has 0 saturated carbocycles. The van der Waals surface area contributed by atoms with Crippen molar-refractivity contribution in [3.05, 3.63) is 48.6 Å². The number of aliphatic hydroxyl groups is 1. The van der Waals surface area contributed by atoms with E-state index < -0.39 is 20.0 Å². The lowest BCUT2D eigenvalue weighted by molar-refractivity contribution is -0.870. The molecule has 0 aliphatic rings. The van der Waals surface area contributed by atoms with E-state index in [1.807, 2.05) is 34.1 Å². The van der Waals surface area contributed by atoms with Gasteiger partial charge < -0.3 is 19.8 Å². The first-order chi connectivity index (χ1) is 28.0. The van der Waals surface area contributed by atoms with Crippen molar-refractivity contribution in [1.29, 1.82) is 0 Å². The summed E-state index contributed by atoms with van der Waals surface area (Å²) in [6, 6.07) is -0.841. The summed E-state index contributed by atoms with van der Waals surface area (Å²) in [6.07, 6.45) is 53.0. The minimum atomic E-state index is -4.31. The van der Waals surface area contributed by atoms with Gasteiger partial charge in [0, 0.05) is 6.42 Å². The fraction of sp³-hybridized carbons (Fsp3) is 0.816. The molecule has 58 heavy (non-hydrogen) atoms. The zero-order valence-corrected chi connectivity index (χ0v) is 39.4. The van der Waals surface area contributed by atoms with Gasteiger partial charge in [0.2, 0.25) is 5.91 Å². The second-order valence-electron chi connectivity index (χ2n) is 17.5. The summed E-state index contributed by atoms with van der Waals surface area (Å²) < 4.78 is 23.2. The van der Waals surface area contributed by atoms with Crippen molar-refractivity contribution < 1.29 is 32.9 Å². The fourth-order valence-electron chi connectivity index (χ4n) is 6.70. The molecule has 0 aromatic heterocycles. The average Bonchev–Trinajstić information content (AvgIpc) is 3.17. The molecular weight excluding hydrogens is 744 g/mol. The molecule has 3 N–H and O–H groups in total. The van der Waals surface area contributed by atoms with Crippen molar-refractivity contribution in [3.8, 4) is 0 Å². The maximum Gasteiger partial charge on any atom is 0.472 e. The number of allylic oxidation sites excluding steroid dienone is 7. The zero-order chi connectivity index (χ0) is 42.8. The number of quaternary nitrogens is 1. The second kappa shape index (κ2) is 40.8. The van der Waals surface area contributed by atoms with Gasteiger partial charge >= 0.3 is 7.82 Å². The molecule has 0 aliphatic heterocycles. The van der Waals surface area contributed by atoms with Crippen LogP contribution in [-0.2, 0) is 18.4 Å². The third-order valence-electron chi connectivity index (χ3n) is 10.5. The van der Waals surface area contributed by atoms with E-state index in [0.29, 0.717) is 17.4 Å². The van der Waals surface area contributed by atoms with E-state index in [1.54, 1.807) is 6.08 Å². The van der Waals surface area contributed by atoms with Crippen LogP contribution in [0.15, 0.2) is 48.6 Å². The standard InChI is InChI=1S/C49H93N2O6P/c1-6-8-10-11-12-13-14-15-16-17-18-19-20-21-22-23-24-25-26-27-28-29-30-31-32-33-34-35-36-37-38-39-41-43-49(53)50-47(48(52)42-40-9-7-2)46-57-58(54,55)56-45-44-51(3,4)5/h14-15,17-18,20-21,40,42,47-48,52H,6-13,16,19,22-39,41,43-46H2,1-5H3,(H-,50,53,54,55)/p+1/b15-14-,18-17-,21-20-,42-40+. The molecule has 0 radical (unpaired) electrons. The Morgan fingerprint density at radius 2 is 1.02 bits per heavy atom. The van der Waals surface area contributed by atoms with Gasteiger partial charge in [0.1, 0.15) is 13.2 Å². The molecule has 0 rings (SSSR count). The van der Waals surface area contributed by atoms with Gasteiger partial charge in [0.15, 0.2) is 0 Å². The quantitative estimate of drug-likeness (QED) is 0.0244. The van der Waals surface area contributed by atoms with Crippen LogP contribution in [0, 0.1) is 0 Å². The summed E-state index contributed by atoms with van der Waals surface area (Å²) in [5.41, 5.74) is 0. The van der Waals surface area contributed by atoms with Crippen molar-refractivity contribution in [2.45, 2.75) is 219 Å². The minimum Gasteiger partial charge on any atom is -0.387 e. The predicted octanol–water partition coefficient (Wildman–Crippen LogP) is 13.6. The van der Waals surface area contributed by atoms with E-state index in [0.717, 1.165) is 44.9 Å². The highest BCUT2D eigenvalue weighted by molar-refractivity contribution is 7.47. The van der Waals surface area contributed by atoms with Crippen molar-refractivity contribution in [2.75, 3.05) is 40.9 Å². The van der Waals surface area contributed by atoms with E-state index in [1.165, 1.54) is 141 Å². The van der Waals surface area contributed by atoms with Gasteiger partial charge in [-0.15, -0.1) is 0 Å². The molecular formula is C49H94N2O6P+. The Balaban J connectivity index is 3.74. The number of nitrogens with one attached hydrogen (secondary N) is 1. The number of phosphoric acid groups is 1. The lowest BCUT2D eigenvalue weighted by Crippen LogP contribution is -2.45. The Labute approximate surface area is 359 Å². The van der Waals surface area contributed by atoms with E-state index in [-0.39, 0.29) is 19.1 Å². The number of likely N-dealkylation sites (N-methyl/N-ethyl adjacent to an activating group) is 1. The van der Waals surface area contributed by atoms with Crippen LogP contribution in [0.25, 0.3) is 0 Å². The summed E-state index contributed by atoms with van der Waals surface area (Å²) in [7, 11) is 1.56. The lowest BCUT2D eigenvalue weighted by atomic mass is 10.0. The number of hydrogen-bond acceptors (Lipinski definition) is 5. The third-order valence-corrected chi connectivity index (χ3v) is 11.5. The average molecular weight is 838 g/mol. The lowest BCUT2D eigenvalue weighted by Gasteiger charge is -2.25. The Morgan fingerprint density at radius 1 is 0.586 bits per heavy atom. The molecule has 340 valence electrons. The molecule has 0 aromatic carbocycles. The monoisotopic (exact) mass is 838 g/mol. The number of hydrogen-bond donors (Lipinski definition) is 3. The third kappa shape index (κ3) is 42.6. The molecule has 0 bridgehead atoms.